The van der Waals surface area contributed by atoms with E-state index >= 15 is 0 Å². The first-order chi connectivity index (χ1) is 18.4. The summed E-state index contributed by atoms with van der Waals surface area (Å²) in [7, 11) is 0. The van der Waals surface area contributed by atoms with E-state index in [0.717, 1.165) is 31.9 Å². The molecule has 1 aliphatic carbocycles. The van der Waals surface area contributed by atoms with E-state index in [-0.39, 0.29) is 49.5 Å². The zero-order valence-corrected chi connectivity index (χ0v) is 22.1. The van der Waals surface area contributed by atoms with Crippen molar-refractivity contribution in [2.75, 3.05) is 37.8 Å². The first-order valence-corrected chi connectivity index (χ1v) is 14.0. The number of aliphatic hydroxyl groups excluding tert-OH is 2. The first-order valence-electron chi connectivity index (χ1n) is 12.8. The maximum atomic E-state index is 12.5. The van der Waals surface area contributed by atoms with Crippen LogP contribution < -0.4 is 15.0 Å². The van der Waals surface area contributed by atoms with E-state index < -0.39 is 5.54 Å². The first kappa shape index (κ1) is 24.3. The van der Waals surface area contributed by atoms with Gasteiger partial charge in [-0.25, -0.2) is 0 Å². The summed E-state index contributed by atoms with van der Waals surface area (Å²) in [5, 5.41) is 23.7. The number of hydrogen-bond acceptors (Lipinski definition) is 9. The number of amides is 2. The quantitative estimate of drug-likeness (QED) is 0.398. The van der Waals surface area contributed by atoms with Crippen molar-refractivity contribution in [3.63, 3.8) is 0 Å². The van der Waals surface area contributed by atoms with Gasteiger partial charge in [-0.15, -0.1) is 11.3 Å². The van der Waals surface area contributed by atoms with Crippen LogP contribution in [0.25, 0.3) is 21.3 Å². The maximum absolute atomic E-state index is 12.5. The van der Waals surface area contributed by atoms with Crippen LogP contribution >= 0.6 is 22.9 Å². The summed E-state index contributed by atoms with van der Waals surface area (Å²) in [6, 6.07) is 7.73. The molecule has 3 atom stereocenters. The fraction of sp³-hybridized carbons (Fsp3) is 0.444. The molecule has 4 aliphatic rings. The van der Waals surface area contributed by atoms with Gasteiger partial charge in [-0.05, 0) is 31.0 Å². The van der Waals surface area contributed by atoms with Crippen molar-refractivity contribution >= 4 is 50.7 Å². The standard InChI is InChI=1S/C27H27ClN4O5S/c28-14-5-18(23-22(6-14)37-4-3-31(23)15-9-27(12-33,13-34)30-10-15)17-1-2-29-21-7-16(38-24(17)21)11-32-25(35)19-8-20(19)26(32)36/h1-2,5-7,15,19-20,30,33-34H,3-4,8-13H2. The second kappa shape index (κ2) is 8.89. The number of aliphatic hydroxyl groups is 2. The minimum atomic E-state index is -0.715. The van der Waals surface area contributed by atoms with E-state index in [1.165, 1.54) is 16.2 Å². The molecule has 3 fully saturated rings. The Balaban J connectivity index is 1.28. The second-order valence-corrected chi connectivity index (χ2v) is 12.2. The van der Waals surface area contributed by atoms with Crippen molar-refractivity contribution in [3.05, 3.63) is 40.4 Å². The summed E-state index contributed by atoms with van der Waals surface area (Å²) in [6.07, 6.45) is 3.05. The van der Waals surface area contributed by atoms with Crippen LogP contribution in [0.1, 0.15) is 17.7 Å². The number of nitrogens with zero attached hydrogens (tertiary/aromatic N) is 3. The fourth-order valence-corrected chi connectivity index (χ4v) is 7.54. The lowest BCUT2D eigenvalue weighted by Crippen LogP contribution is -2.47. The number of halogens is 1. The van der Waals surface area contributed by atoms with Crippen molar-refractivity contribution < 1.29 is 24.5 Å². The molecule has 3 N–H and O–H groups in total. The molecular formula is C27H27ClN4O5S. The Hall–Kier alpha value is -2.76. The van der Waals surface area contributed by atoms with Gasteiger partial charge in [0.15, 0.2) is 0 Å². The normalized spacial score (nSPS) is 25.6. The minimum Gasteiger partial charge on any atom is -0.489 e. The summed E-state index contributed by atoms with van der Waals surface area (Å²) < 4.78 is 7.02. The van der Waals surface area contributed by atoms with Crippen molar-refractivity contribution in [3.8, 4) is 16.9 Å². The third kappa shape index (κ3) is 3.73. The average Bonchev–Trinajstić information content (AvgIpc) is 3.33. The van der Waals surface area contributed by atoms with Gasteiger partial charge >= 0.3 is 0 Å². The van der Waals surface area contributed by atoms with E-state index in [0.29, 0.717) is 43.3 Å². The molecule has 198 valence electrons. The molecule has 7 rings (SSSR count). The predicted molar refractivity (Wildman–Crippen MR) is 143 cm³/mol. The van der Waals surface area contributed by atoms with Crippen LogP contribution in [0, 0.1) is 11.8 Å². The number of anilines is 1. The van der Waals surface area contributed by atoms with Gasteiger partial charge in [0.1, 0.15) is 12.4 Å². The number of piperidine rings is 1. The smallest absolute Gasteiger partial charge is 0.233 e. The van der Waals surface area contributed by atoms with Gasteiger partial charge in [-0.1, -0.05) is 11.6 Å². The Morgan fingerprint density at radius 2 is 1.95 bits per heavy atom. The topological polar surface area (TPSA) is 115 Å². The molecular weight excluding hydrogens is 528 g/mol. The van der Waals surface area contributed by atoms with Crippen molar-refractivity contribution in [1.29, 1.82) is 0 Å². The summed E-state index contributed by atoms with van der Waals surface area (Å²) in [4.78, 5) is 34.2. The minimum absolute atomic E-state index is 0.0479. The molecule has 38 heavy (non-hydrogen) atoms. The molecule has 5 heterocycles. The van der Waals surface area contributed by atoms with Crippen LogP contribution in [0.2, 0.25) is 5.02 Å². The summed E-state index contributed by atoms with van der Waals surface area (Å²) >= 11 is 8.11. The molecule has 9 nitrogen and oxygen atoms in total. The molecule has 2 amide bonds. The number of imide groups is 1. The lowest BCUT2D eigenvalue weighted by molar-refractivity contribution is -0.141. The van der Waals surface area contributed by atoms with E-state index in [4.69, 9.17) is 16.3 Å². The highest BCUT2D eigenvalue weighted by molar-refractivity contribution is 7.19. The van der Waals surface area contributed by atoms with Crippen molar-refractivity contribution in [2.45, 2.75) is 31.0 Å². The molecule has 2 aromatic heterocycles. The van der Waals surface area contributed by atoms with Crippen molar-refractivity contribution in [2.24, 2.45) is 11.8 Å². The highest BCUT2D eigenvalue weighted by atomic mass is 35.5. The number of pyridine rings is 1. The highest BCUT2D eigenvalue weighted by Gasteiger charge is 2.58. The van der Waals surface area contributed by atoms with Gasteiger partial charge in [-0.2, -0.15) is 0 Å². The van der Waals surface area contributed by atoms with Crippen LogP contribution in [0.3, 0.4) is 0 Å². The lowest BCUT2D eigenvalue weighted by atomic mass is 9.95. The zero-order valence-electron chi connectivity index (χ0n) is 20.5. The maximum Gasteiger partial charge on any atom is 0.233 e. The number of hydrogen-bond donors (Lipinski definition) is 3. The van der Waals surface area contributed by atoms with E-state index in [1.807, 2.05) is 24.3 Å². The number of benzene rings is 1. The van der Waals surface area contributed by atoms with Gasteiger partial charge in [-0.3, -0.25) is 19.5 Å². The molecule has 0 spiro atoms. The lowest BCUT2D eigenvalue weighted by Gasteiger charge is -2.38. The van der Waals surface area contributed by atoms with Gasteiger partial charge < -0.3 is 25.2 Å². The average molecular weight is 555 g/mol. The Morgan fingerprint density at radius 3 is 2.68 bits per heavy atom. The molecule has 3 aliphatic heterocycles. The van der Waals surface area contributed by atoms with Gasteiger partial charge in [0.05, 0.1) is 59.6 Å². The Morgan fingerprint density at radius 1 is 1.16 bits per heavy atom. The third-order valence-corrected chi connectivity index (χ3v) is 9.69. The number of nitrogens with one attached hydrogen (secondary N) is 1. The fourth-order valence-electron chi connectivity index (χ4n) is 6.20. The number of likely N-dealkylation sites (tertiary alicyclic amines) is 1. The predicted octanol–water partition coefficient (Wildman–Crippen LogP) is 2.41. The molecule has 1 aromatic carbocycles. The summed E-state index contributed by atoms with van der Waals surface area (Å²) in [6.45, 7) is 1.77. The van der Waals surface area contributed by atoms with Crippen LogP contribution in [0.15, 0.2) is 30.5 Å². The molecule has 3 aromatic rings. The number of carbonyl (C=O) groups excluding carboxylic acids is 2. The van der Waals surface area contributed by atoms with E-state index in [1.54, 1.807) is 6.20 Å². The number of fused-ring (bicyclic) bond motifs is 3. The number of rotatable bonds is 6. The summed E-state index contributed by atoms with van der Waals surface area (Å²) in [5.74, 6) is 0.340. The molecule has 2 saturated heterocycles. The van der Waals surface area contributed by atoms with E-state index in [9.17, 15) is 19.8 Å². The van der Waals surface area contributed by atoms with Gasteiger partial charge in [0.2, 0.25) is 11.8 Å². The number of carbonyl (C=O) groups is 2. The Labute approximate surface area is 228 Å². The van der Waals surface area contributed by atoms with Gasteiger partial charge in [0.25, 0.3) is 0 Å². The largest absolute Gasteiger partial charge is 0.489 e. The number of ether oxygens (including phenoxy) is 1. The molecule has 1 saturated carbocycles. The monoisotopic (exact) mass is 554 g/mol. The van der Waals surface area contributed by atoms with Crippen LogP contribution in [0.5, 0.6) is 5.75 Å². The van der Waals surface area contributed by atoms with Gasteiger partial charge in [0, 0.05) is 45.9 Å². The number of thiophene rings is 1. The highest BCUT2D eigenvalue weighted by Crippen LogP contribution is 2.49. The zero-order chi connectivity index (χ0) is 26.2. The molecule has 11 heteroatoms. The van der Waals surface area contributed by atoms with Crippen LogP contribution in [-0.2, 0) is 16.1 Å². The van der Waals surface area contributed by atoms with Crippen molar-refractivity contribution in [1.82, 2.24) is 15.2 Å². The SMILES string of the molecule is O=C1C2CC2C(=O)N1Cc1cc2nccc(-c3cc(Cl)cc4c3N(C3CNC(CO)(CO)C3)CCO4)c2s1. The summed E-state index contributed by atoms with van der Waals surface area (Å²) in [5.41, 5.74) is 2.86. The van der Waals surface area contributed by atoms with Crippen LogP contribution in [0.4, 0.5) is 5.69 Å². The van der Waals surface area contributed by atoms with Crippen LogP contribution in [-0.4, -0.2) is 76.4 Å². The molecule has 0 radical (unpaired) electrons. The van der Waals surface area contributed by atoms with E-state index in [2.05, 4.69) is 15.2 Å². The number of aromatic nitrogens is 1. The second-order valence-electron chi connectivity index (χ2n) is 10.7. The Kier molecular flexibility index (Phi) is 5.68. The molecule has 0 bridgehead atoms. The third-order valence-electron chi connectivity index (χ3n) is 8.33. The molecule has 3 unspecified atom stereocenters. The Bertz CT molecular complexity index is 1450.